The van der Waals surface area contributed by atoms with Gasteiger partial charge < -0.3 is 4.57 Å². The topological polar surface area (TPSA) is 26.9 Å². The van der Waals surface area contributed by atoms with Crippen LogP contribution >= 0.6 is 0 Å². The number of fused-ring (bicyclic) bond motifs is 4. The van der Waals surface area contributed by atoms with Gasteiger partial charge in [0.2, 0.25) is 0 Å². The second-order valence-electron chi connectivity index (χ2n) is 7.97. The SMILES string of the molecule is Cc1ccc(C(=O)n2c3ccccc3c3cc4ccn(-c5ccccc5)c4cc32)cc1. The van der Waals surface area contributed by atoms with Crippen LogP contribution in [0.3, 0.4) is 0 Å². The molecule has 0 fully saturated rings. The molecule has 0 saturated carbocycles. The maximum absolute atomic E-state index is 13.6. The Morgan fingerprint density at radius 3 is 2.23 bits per heavy atom. The van der Waals surface area contributed by atoms with E-state index in [1.54, 1.807) is 0 Å². The molecule has 0 spiro atoms. The van der Waals surface area contributed by atoms with Crippen LogP contribution in [0.5, 0.6) is 0 Å². The van der Waals surface area contributed by atoms with E-state index >= 15 is 0 Å². The van der Waals surface area contributed by atoms with Crippen molar-refractivity contribution < 1.29 is 4.79 Å². The Hall–Kier alpha value is -4.11. The first-order chi connectivity index (χ1) is 15.2. The van der Waals surface area contributed by atoms with Crippen LogP contribution in [0.25, 0.3) is 38.4 Å². The predicted molar refractivity (Wildman–Crippen MR) is 127 cm³/mol. The standard InChI is InChI=1S/C28H20N2O/c1-19-11-13-20(14-12-19)28(31)30-25-10-6-5-9-23(25)24-17-21-15-16-29(26(21)18-27(24)30)22-7-3-2-4-8-22/h2-18H,1H3. The molecule has 0 unspecified atom stereocenters. The van der Waals surface area contributed by atoms with E-state index in [9.17, 15) is 4.79 Å². The van der Waals surface area contributed by atoms with Crippen LogP contribution in [0.2, 0.25) is 0 Å². The number of nitrogens with zero attached hydrogens (tertiary/aromatic N) is 2. The highest BCUT2D eigenvalue weighted by Crippen LogP contribution is 2.34. The van der Waals surface area contributed by atoms with Crippen molar-refractivity contribution >= 4 is 38.6 Å². The van der Waals surface area contributed by atoms with Gasteiger partial charge in [0.15, 0.2) is 0 Å². The monoisotopic (exact) mass is 400 g/mol. The predicted octanol–water partition coefficient (Wildman–Crippen LogP) is 6.74. The highest BCUT2D eigenvalue weighted by molar-refractivity contribution is 6.18. The summed E-state index contributed by atoms with van der Waals surface area (Å²) in [6, 6.07) is 32.7. The number of hydrogen-bond donors (Lipinski definition) is 0. The number of aryl methyl sites for hydroxylation is 1. The highest BCUT2D eigenvalue weighted by Gasteiger charge is 2.19. The third-order valence-electron chi connectivity index (χ3n) is 6.02. The van der Waals surface area contributed by atoms with Gasteiger partial charge in [0, 0.05) is 33.6 Å². The molecule has 0 radical (unpaired) electrons. The van der Waals surface area contributed by atoms with Crippen molar-refractivity contribution in [3.63, 3.8) is 0 Å². The van der Waals surface area contributed by atoms with Gasteiger partial charge in [-0.05, 0) is 55.5 Å². The first-order valence-corrected chi connectivity index (χ1v) is 10.4. The molecule has 0 bridgehead atoms. The molecule has 0 amide bonds. The van der Waals surface area contributed by atoms with E-state index < -0.39 is 0 Å². The Labute approximate surface area is 179 Å². The van der Waals surface area contributed by atoms with E-state index in [1.807, 2.05) is 72.2 Å². The Bertz CT molecular complexity index is 1590. The average molecular weight is 400 g/mol. The third-order valence-corrected chi connectivity index (χ3v) is 6.02. The summed E-state index contributed by atoms with van der Waals surface area (Å²) in [4.78, 5) is 13.6. The quantitative estimate of drug-likeness (QED) is 0.316. The molecule has 6 aromatic rings. The third kappa shape index (κ3) is 2.71. The molecular weight excluding hydrogens is 380 g/mol. The number of rotatable bonds is 2. The van der Waals surface area contributed by atoms with Gasteiger partial charge in [0.25, 0.3) is 5.91 Å². The van der Waals surface area contributed by atoms with Crippen molar-refractivity contribution in [2.24, 2.45) is 0 Å². The summed E-state index contributed by atoms with van der Waals surface area (Å²) in [5.74, 6) is -0.0108. The lowest BCUT2D eigenvalue weighted by atomic mass is 10.1. The smallest absolute Gasteiger partial charge is 0.262 e. The van der Waals surface area contributed by atoms with Crippen LogP contribution < -0.4 is 0 Å². The molecule has 6 rings (SSSR count). The molecule has 31 heavy (non-hydrogen) atoms. The number of hydrogen-bond acceptors (Lipinski definition) is 1. The lowest BCUT2D eigenvalue weighted by Crippen LogP contribution is -2.11. The second kappa shape index (κ2) is 6.71. The normalized spacial score (nSPS) is 11.5. The summed E-state index contributed by atoms with van der Waals surface area (Å²) in [5, 5.41) is 3.34. The summed E-state index contributed by atoms with van der Waals surface area (Å²) in [6.07, 6.45) is 2.09. The molecule has 0 N–H and O–H groups in total. The molecular formula is C28H20N2O. The zero-order valence-electron chi connectivity index (χ0n) is 17.1. The molecule has 148 valence electrons. The molecule has 0 atom stereocenters. The van der Waals surface area contributed by atoms with Crippen LogP contribution in [0.4, 0.5) is 0 Å². The Morgan fingerprint density at radius 2 is 1.42 bits per heavy atom. The van der Waals surface area contributed by atoms with Crippen molar-refractivity contribution in [2.45, 2.75) is 6.92 Å². The minimum absolute atomic E-state index is 0.0108. The molecule has 2 aromatic heterocycles. The number of aromatic nitrogens is 2. The first-order valence-electron chi connectivity index (χ1n) is 10.4. The summed E-state index contributed by atoms with van der Waals surface area (Å²) >= 11 is 0. The largest absolute Gasteiger partial charge is 0.316 e. The summed E-state index contributed by atoms with van der Waals surface area (Å²) in [5.41, 5.74) is 5.87. The molecule has 0 saturated heterocycles. The van der Waals surface area contributed by atoms with Gasteiger partial charge in [-0.15, -0.1) is 0 Å². The van der Waals surface area contributed by atoms with Gasteiger partial charge in [0.05, 0.1) is 16.6 Å². The fraction of sp³-hybridized carbons (Fsp3) is 0.0357. The van der Waals surface area contributed by atoms with Crippen LogP contribution in [0.15, 0.2) is 103 Å². The molecule has 3 nitrogen and oxygen atoms in total. The highest BCUT2D eigenvalue weighted by atomic mass is 16.2. The number of carbonyl (C=O) groups excluding carboxylic acids is 1. The van der Waals surface area contributed by atoms with Crippen LogP contribution in [-0.2, 0) is 0 Å². The Morgan fingerprint density at radius 1 is 0.677 bits per heavy atom. The lowest BCUT2D eigenvalue weighted by Gasteiger charge is -2.08. The second-order valence-corrected chi connectivity index (χ2v) is 7.97. The Balaban J connectivity index is 1.68. The minimum atomic E-state index is -0.0108. The van der Waals surface area contributed by atoms with Crippen molar-refractivity contribution in [1.29, 1.82) is 0 Å². The van der Waals surface area contributed by atoms with Gasteiger partial charge >= 0.3 is 0 Å². The van der Waals surface area contributed by atoms with E-state index in [2.05, 4.69) is 47.2 Å². The summed E-state index contributed by atoms with van der Waals surface area (Å²) in [6.45, 7) is 2.03. The van der Waals surface area contributed by atoms with Crippen molar-refractivity contribution in [2.75, 3.05) is 0 Å². The van der Waals surface area contributed by atoms with Crippen LogP contribution in [-0.4, -0.2) is 15.0 Å². The van der Waals surface area contributed by atoms with E-state index in [-0.39, 0.29) is 5.91 Å². The molecule has 0 aliphatic rings. The number of para-hydroxylation sites is 2. The summed E-state index contributed by atoms with van der Waals surface area (Å²) in [7, 11) is 0. The van der Waals surface area contributed by atoms with Crippen LogP contribution in [0.1, 0.15) is 15.9 Å². The maximum atomic E-state index is 13.6. The average Bonchev–Trinajstić information content (AvgIpc) is 3.37. The van der Waals surface area contributed by atoms with E-state index in [1.165, 1.54) is 0 Å². The fourth-order valence-electron chi connectivity index (χ4n) is 4.46. The van der Waals surface area contributed by atoms with Gasteiger partial charge in [-0.25, -0.2) is 0 Å². The van der Waals surface area contributed by atoms with Gasteiger partial charge in [-0.2, -0.15) is 0 Å². The maximum Gasteiger partial charge on any atom is 0.262 e. The molecule has 3 heteroatoms. The van der Waals surface area contributed by atoms with E-state index in [0.717, 1.165) is 44.0 Å². The first kappa shape index (κ1) is 17.7. The summed E-state index contributed by atoms with van der Waals surface area (Å²) < 4.78 is 4.03. The molecule has 0 aliphatic carbocycles. The molecule has 4 aromatic carbocycles. The van der Waals surface area contributed by atoms with Crippen molar-refractivity contribution in [3.05, 3.63) is 114 Å². The lowest BCUT2D eigenvalue weighted by molar-refractivity contribution is 0.0969. The fourth-order valence-corrected chi connectivity index (χ4v) is 4.46. The zero-order valence-corrected chi connectivity index (χ0v) is 17.1. The van der Waals surface area contributed by atoms with Crippen molar-refractivity contribution in [3.8, 4) is 5.69 Å². The van der Waals surface area contributed by atoms with Crippen molar-refractivity contribution in [1.82, 2.24) is 9.13 Å². The molecule has 2 heterocycles. The number of carbonyl (C=O) groups is 1. The van der Waals surface area contributed by atoms with Gasteiger partial charge in [0.1, 0.15) is 0 Å². The number of benzene rings is 4. The van der Waals surface area contributed by atoms with E-state index in [0.29, 0.717) is 5.56 Å². The van der Waals surface area contributed by atoms with Gasteiger partial charge in [-0.1, -0.05) is 54.1 Å². The van der Waals surface area contributed by atoms with E-state index in [4.69, 9.17) is 0 Å². The zero-order chi connectivity index (χ0) is 20.9. The Kier molecular flexibility index (Phi) is 3.84. The van der Waals surface area contributed by atoms with Crippen LogP contribution in [0, 0.1) is 6.92 Å². The molecule has 0 aliphatic heterocycles. The minimum Gasteiger partial charge on any atom is -0.316 e. The van der Waals surface area contributed by atoms with Gasteiger partial charge in [-0.3, -0.25) is 9.36 Å².